The Morgan fingerprint density at radius 1 is 1.16 bits per heavy atom. The second-order valence-corrected chi connectivity index (χ2v) is 12.0. The summed E-state index contributed by atoms with van der Waals surface area (Å²) in [5.74, 6) is -1.51. The lowest BCUT2D eigenvalue weighted by molar-refractivity contribution is -0.129. The number of ketones is 1. The first-order valence-corrected chi connectivity index (χ1v) is 14.0. The van der Waals surface area contributed by atoms with Crippen LogP contribution in [-0.4, -0.2) is 60.5 Å². The van der Waals surface area contributed by atoms with Crippen molar-refractivity contribution in [3.05, 3.63) is 60.5 Å². The molecule has 3 heterocycles. The quantitative estimate of drug-likeness (QED) is 0.448. The number of hydrogen-bond donors (Lipinski definition) is 2. The Morgan fingerprint density at radius 3 is 2.58 bits per heavy atom. The van der Waals surface area contributed by atoms with E-state index in [-0.39, 0.29) is 42.1 Å². The van der Waals surface area contributed by atoms with Crippen molar-refractivity contribution in [3.63, 3.8) is 0 Å². The van der Waals surface area contributed by atoms with Gasteiger partial charge in [-0.25, -0.2) is 13.4 Å². The molecule has 0 unspecified atom stereocenters. The van der Waals surface area contributed by atoms with Gasteiger partial charge in [-0.1, -0.05) is 45.0 Å². The van der Waals surface area contributed by atoms with Gasteiger partial charge in [-0.3, -0.25) is 14.4 Å². The lowest BCUT2D eigenvalue weighted by Gasteiger charge is -2.23. The van der Waals surface area contributed by atoms with Gasteiger partial charge >= 0.3 is 0 Å². The second kappa shape index (κ2) is 11.4. The Morgan fingerprint density at radius 2 is 1.89 bits per heavy atom. The maximum Gasteiger partial charge on any atom is 0.287 e. The summed E-state index contributed by atoms with van der Waals surface area (Å²) in [6.07, 6.45) is 1.99. The maximum atomic E-state index is 13.3. The van der Waals surface area contributed by atoms with E-state index in [1.165, 1.54) is 12.3 Å². The van der Waals surface area contributed by atoms with E-state index in [9.17, 15) is 22.8 Å². The van der Waals surface area contributed by atoms with Crippen LogP contribution in [0.4, 0.5) is 0 Å². The van der Waals surface area contributed by atoms with Crippen LogP contribution in [0.25, 0.3) is 11.0 Å². The second-order valence-electron chi connectivity index (χ2n) is 10.1. The topological polar surface area (TPSA) is 139 Å². The summed E-state index contributed by atoms with van der Waals surface area (Å²) in [5.41, 5.74) is 0.561. The van der Waals surface area contributed by atoms with Crippen molar-refractivity contribution in [1.29, 1.82) is 0 Å². The van der Waals surface area contributed by atoms with Crippen LogP contribution in [0.1, 0.15) is 44.2 Å². The molecular weight excluding hydrogens is 508 g/mol. The summed E-state index contributed by atoms with van der Waals surface area (Å²) in [6, 6.07) is 11.6. The van der Waals surface area contributed by atoms with Crippen molar-refractivity contribution < 1.29 is 27.2 Å². The normalized spacial score (nSPS) is 19.7. The molecule has 1 aromatic carbocycles. The fourth-order valence-electron chi connectivity index (χ4n) is 4.56. The number of carbonyl (C=O) groups excluding carboxylic acids is 3. The first-order valence-electron chi connectivity index (χ1n) is 12.6. The van der Waals surface area contributed by atoms with Crippen LogP contribution in [0, 0.1) is 11.8 Å². The number of pyridine rings is 1. The summed E-state index contributed by atoms with van der Waals surface area (Å²) in [6.45, 7) is 5.41. The zero-order valence-corrected chi connectivity index (χ0v) is 22.4. The molecule has 3 aromatic rings. The highest BCUT2D eigenvalue weighted by Crippen LogP contribution is 2.22. The van der Waals surface area contributed by atoms with Crippen LogP contribution in [0.2, 0.25) is 0 Å². The fraction of sp³-hybridized carbons (Fsp3) is 0.407. The molecule has 38 heavy (non-hydrogen) atoms. The van der Waals surface area contributed by atoms with Crippen molar-refractivity contribution in [2.24, 2.45) is 11.8 Å². The molecule has 202 valence electrons. The van der Waals surface area contributed by atoms with Crippen molar-refractivity contribution in [1.82, 2.24) is 19.9 Å². The lowest BCUT2D eigenvalue weighted by atomic mass is 9.98. The maximum absolute atomic E-state index is 13.3. The van der Waals surface area contributed by atoms with Crippen LogP contribution in [0.5, 0.6) is 0 Å². The van der Waals surface area contributed by atoms with Gasteiger partial charge in [-0.05, 0) is 48.9 Å². The van der Waals surface area contributed by atoms with Crippen LogP contribution >= 0.6 is 0 Å². The first kappa shape index (κ1) is 27.5. The molecule has 0 bridgehead atoms. The van der Waals surface area contributed by atoms with Crippen LogP contribution in [-0.2, 0) is 19.6 Å². The zero-order valence-electron chi connectivity index (χ0n) is 21.6. The molecule has 3 atom stereocenters. The molecule has 0 aliphatic carbocycles. The summed E-state index contributed by atoms with van der Waals surface area (Å²) in [5, 5.41) is 6.15. The molecule has 0 radical (unpaired) electrons. The number of furan rings is 1. The van der Waals surface area contributed by atoms with E-state index in [2.05, 4.69) is 15.6 Å². The molecule has 1 saturated heterocycles. The number of benzene rings is 1. The monoisotopic (exact) mass is 540 g/mol. The predicted octanol–water partition coefficient (Wildman–Crippen LogP) is 2.76. The first-order chi connectivity index (χ1) is 18.0. The molecule has 1 aliphatic heterocycles. The van der Waals surface area contributed by atoms with Crippen LogP contribution in [0.3, 0.4) is 0 Å². The molecule has 4 rings (SSSR count). The molecular formula is C27H32N4O6S. The minimum Gasteiger partial charge on any atom is -0.451 e. The number of nitrogens with zero attached hydrogens (tertiary/aromatic N) is 2. The number of rotatable bonds is 8. The molecule has 2 aromatic heterocycles. The third-order valence-corrected chi connectivity index (χ3v) is 8.14. The fourth-order valence-corrected chi connectivity index (χ4v) is 6.01. The smallest absolute Gasteiger partial charge is 0.287 e. The van der Waals surface area contributed by atoms with E-state index in [1.807, 2.05) is 32.9 Å². The molecule has 11 heteroatoms. The molecule has 2 N–H and O–H groups in total. The van der Waals surface area contributed by atoms with Crippen LogP contribution < -0.4 is 10.6 Å². The lowest BCUT2D eigenvalue weighted by Crippen LogP contribution is -2.52. The van der Waals surface area contributed by atoms with E-state index in [1.54, 1.807) is 30.3 Å². The van der Waals surface area contributed by atoms with Gasteiger partial charge in [-0.2, -0.15) is 4.31 Å². The number of para-hydroxylation sites is 1. The van der Waals surface area contributed by atoms with Gasteiger partial charge in [0, 0.05) is 18.1 Å². The molecule has 10 nitrogen and oxygen atoms in total. The molecule has 1 aliphatic rings. The Kier molecular flexibility index (Phi) is 8.27. The summed E-state index contributed by atoms with van der Waals surface area (Å²) >= 11 is 0. The number of amides is 2. The number of fused-ring (bicyclic) bond motifs is 1. The minimum absolute atomic E-state index is 0.0736. The van der Waals surface area contributed by atoms with Crippen molar-refractivity contribution in [2.45, 2.75) is 50.7 Å². The minimum atomic E-state index is -3.97. The molecule has 0 saturated carbocycles. The molecule has 1 fully saturated rings. The van der Waals surface area contributed by atoms with Gasteiger partial charge < -0.3 is 15.1 Å². The van der Waals surface area contributed by atoms with E-state index >= 15 is 0 Å². The Labute approximate surface area is 221 Å². The zero-order chi connectivity index (χ0) is 27.4. The Balaban J connectivity index is 1.47. The highest BCUT2D eigenvalue weighted by Gasteiger charge is 2.37. The van der Waals surface area contributed by atoms with Gasteiger partial charge in [-0.15, -0.1) is 0 Å². The molecule has 0 spiro atoms. The third-order valence-electron chi connectivity index (χ3n) is 6.41. The summed E-state index contributed by atoms with van der Waals surface area (Å²) in [7, 11) is -3.97. The van der Waals surface area contributed by atoms with Gasteiger partial charge in [0.25, 0.3) is 15.9 Å². The standard InChI is InChI=1S/C27H32N4O6S/c1-17(2)12-21(30-27(34)24-14-19-8-4-5-9-23(19)37-24)26(33)29-20-13-18(3)15-31(16-22(20)32)38(35,36)25-10-6-7-11-28-25/h4-11,14,17-18,20-21H,12-13,15-16H2,1-3H3,(H,29,33)(H,30,34)/t18-,20-,21+/m1/s1. The number of hydrogen-bond acceptors (Lipinski definition) is 7. The number of carbonyl (C=O) groups is 3. The van der Waals surface area contributed by atoms with Crippen molar-refractivity contribution in [3.8, 4) is 0 Å². The highest BCUT2D eigenvalue weighted by atomic mass is 32.2. The average molecular weight is 541 g/mol. The van der Waals surface area contributed by atoms with Gasteiger partial charge in [0.05, 0.1) is 12.6 Å². The van der Waals surface area contributed by atoms with Crippen molar-refractivity contribution in [2.75, 3.05) is 13.1 Å². The third kappa shape index (κ3) is 6.28. The SMILES string of the molecule is CC(C)C[C@H](NC(=O)c1cc2ccccc2o1)C(=O)N[C@@H]1C[C@@H](C)CN(S(=O)(=O)c2ccccn2)CC1=O. The van der Waals surface area contributed by atoms with Crippen LogP contribution in [0.15, 0.2) is 64.2 Å². The Bertz CT molecular complexity index is 1390. The largest absolute Gasteiger partial charge is 0.451 e. The van der Waals surface area contributed by atoms with Gasteiger partial charge in [0.1, 0.15) is 11.6 Å². The van der Waals surface area contributed by atoms with Crippen molar-refractivity contribution >= 4 is 38.6 Å². The van der Waals surface area contributed by atoms with E-state index in [0.29, 0.717) is 12.0 Å². The van der Waals surface area contributed by atoms with E-state index < -0.39 is 39.7 Å². The van der Waals surface area contributed by atoms with Gasteiger partial charge in [0.2, 0.25) is 5.91 Å². The number of Topliss-reactive ketones (excluding diaryl/α,β-unsaturated/α-hetero) is 1. The highest BCUT2D eigenvalue weighted by molar-refractivity contribution is 7.89. The van der Waals surface area contributed by atoms with E-state index in [4.69, 9.17) is 4.42 Å². The van der Waals surface area contributed by atoms with Gasteiger partial charge in [0.15, 0.2) is 16.6 Å². The Hall–Kier alpha value is -3.57. The number of aromatic nitrogens is 1. The predicted molar refractivity (Wildman–Crippen MR) is 141 cm³/mol. The summed E-state index contributed by atoms with van der Waals surface area (Å²) < 4.78 is 32.9. The number of nitrogens with one attached hydrogen (secondary N) is 2. The average Bonchev–Trinajstić information content (AvgIpc) is 3.26. The molecule has 2 amide bonds. The van der Waals surface area contributed by atoms with E-state index in [0.717, 1.165) is 9.69 Å². The summed E-state index contributed by atoms with van der Waals surface area (Å²) in [4.78, 5) is 43.3. The number of sulfonamides is 1.